The van der Waals surface area contributed by atoms with Gasteiger partial charge in [-0.2, -0.15) is 0 Å². The van der Waals surface area contributed by atoms with E-state index in [0.717, 1.165) is 13.1 Å². The summed E-state index contributed by atoms with van der Waals surface area (Å²) in [6.07, 6.45) is -0.241. The van der Waals surface area contributed by atoms with Crippen molar-refractivity contribution in [2.75, 3.05) is 47.3 Å². The highest BCUT2D eigenvalue weighted by atomic mass is 16.6. The van der Waals surface area contributed by atoms with Gasteiger partial charge in [-0.05, 0) is 41.9 Å². The van der Waals surface area contributed by atoms with Crippen molar-refractivity contribution in [1.82, 2.24) is 15.1 Å². The second-order valence-electron chi connectivity index (χ2n) is 5.37. The highest BCUT2D eigenvalue weighted by Gasteiger charge is 2.21. The van der Waals surface area contributed by atoms with E-state index in [1.165, 1.54) is 0 Å². The molecule has 0 aromatic rings. The Morgan fingerprint density at radius 1 is 1.18 bits per heavy atom. The summed E-state index contributed by atoms with van der Waals surface area (Å²) in [6, 6.07) is 0. The van der Waals surface area contributed by atoms with Crippen LogP contribution < -0.4 is 5.32 Å². The summed E-state index contributed by atoms with van der Waals surface area (Å²) in [5.41, 5.74) is -0.437. The fourth-order valence-electron chi connectivity index (χ4n) is 1.19. The minimum Gasteiger partial charge on any atom is -0.444 e. The molecule has 0 unspecified atom stereocenters. The normalized spacial score (nSPS) is 11.7. The van der Waals surface area contributed by atoms with Crippen LogP contribution in [0.4, 0.5) is 4.79 Å². The molecule has 0 rings (SSSR count). The molecule has 0 spiro atoms. The minimum absolute atomic E-state index is 0.241. The van der Waals surface area contributed by atoms with Crippen LogP contribution in [0.25, 0.3) is 0 Å². The Morgan fingerprint density at radius 2 is 1.76 bits per heavy atom. The van der Waals surface area contributed by atoms with Gasteiger partial charge < -0.3 is 19.9 Å². The van der Waals surface area contributed by atoms with E-state index in [9.17, 15) is 4.79 Å². The molecule has 0 aromatic carbocycles. The molecule has 5 nitrogen and oxygen atoms in total. The number of hydrogen-bond donors (Lipinski definition) is 1. The van der Waals surface area contributed by atoms with Crippen LogP contribution in [0.15, 0.2) is 0 Å². The molecular weight excluding hydrogens is 218 g/mol. The van der Waals surface area contributed by atoms with Gasteiger partial charge in [0.2, 0.25) is 0 Å². The van der Waals surface area contributed by atoms with Crippen LogP contribution in [0.3, 0.4) is 0 Å². The van der Waals surface area contributed by atoms with Gasteiger partial charge in [-0.15, -0.1) is 0 Å². The Bertz CT molecular complexity index is 224. The van der Waals surface area contributed by atoms with Crippen LogP contribution in [0.1, 0.15) is 20.8 Å². The van der Waals surface area contributed by atoms with E-state index in [1.807, 2.05) is 41.9 Å². The fourth-order valence-corrected chi connectivity index (χ4v) is 1.19. The van der Waals surface area contributed by atoms with Crippen LogP contribution in [-0.2, 0) is 4.74 Å². The highest BCUT2D eigenvalue weighted by molar-refractivity contribution is 5.68. The van der Waals surface area contributed by atoms with Gasteiger partial charge in [0.1, 0.15) is 5.60 Å². The molecule has 0 aliphatic rings. The van der Waals surface area contributed by atoms with Crippen LogP contribution in [0.2, 0.25) is 0 Å². The predicted molar refractivity (Wildman–Crippen MR) is 70.3 cm³/mol. The summed E-state index contributed by atoms with van der Waals surface area (Å²) < 4.78 is 5.37. The molecule has 0 radical (unpaired) electrons. The molecule has 5 heteroatoms. The summed E-state index contributed by atoms with van der Waals surface area (Å²) in [7, 11) is 5.86. The number of carbonyl (C=O) groups is 1. The van der Waals surface area contributed by atoms with Crippen LogP contribution >= 0.6 is 0 Å². The molecule has 1 amide bonds. The zero-order valence-corrected chi connectivity index (χ0v) is 12.0. The number of likely N-dealkylation sites (N-methyl/N-ethyl adjacent to an activating group) is 2. The largest absolute Gasteiger partial charge is 0.444 e. The summed E-state index contributed by atoms with van der Waals surface area (Å²) in [6.45, 7) is 8.60. The summed E-state index contributed by atoms with van der Waals surface area (Å²) in [5, 5.41) is 3.04. The zero-order valence-electron chi connectivity index (χ0n) is 12.0. The molecule has 102 valence electrons. The van der Waals surface area contributed by atoms with E-state index in [4.69, 9.17) is 4.74 Å². The lowest BCUT2D eigenvalue weighted by Gasteiger charge is -2.28. The molecular formula is C12H27N3O2. The van der Waals surface area contributed by atoms with E-state index in [0.29, 0.717) is 13.1 Å². The van der Waals surface area contributed by atoms with E-state index in [-0.39, 0.29) is 6.09 Å². The molecule has 0 saturated heterocycles. The lowest BCUT2D eigenvalue weighted by atomic mass is 10.2. The molecule has 17 heavy (non-hydrogen) atoms. The third kappa shape index (κ3) is 8.94. The average molecular weight is 245 g/mol. The number of nitrogens with zero attached hydrogens (tertiary/aromatic N) is 2. The SMILES string of the molecule is CNCCN(CCN(C)C)C(=O)OC(C)(C)C. The second kappa shape index (κ2) is 7.50. The maximum atomic E-state index is 11.9. The highest BCUT2D eigenvalue weighted by Crippen LogP contribution is 2.09. The molecule has 0 aromatic heterocycles. The smallest absolute Gasteiger partial charge is 0.410 e. The lowest BCUT2D eigenvalue weighted by Crippen LogP contribution is -2.43. The molecule has 0 fully saturated rings. The molecule has 0 atom stereocenters. The van der Waals surface area contributed by atoms with Crippen molar-refractivity contribution in [3.63, 3.8) is 0 Å². The van der Waals surface area contributed by atoms with E-state index in [2.05, 4.69) is 10.2 Å². The third-order valence-electron chi connectivity index (χ3n) is 2.10. The average Bonchev–Trinajstić information content (AvgIpc) is 2.14. The first-order chi connectivity index (χ1) is 7.76. The third-order valence-corrected chi connectivity index (χ3v) is 2.10. The van der Waals surface area contributed by atoms with E-state index >= 15 is 0 Å². The maximum Gasteiger partial charge on any atom is 0.410 e. The molecule has 0 heterocycles. The van der Waals surface area contributed by atoms with Crippen LogP contribution in [0, 0.1) is 0 Å². The Hall–Kier alpha value is -0.810. The lowest BCUT2D eigenvalue weighted by molar-refractivity contribution is 0.0243. The quantitative estimate of drug-likeness (QED) is 0.758. The Morgan fingerprint density at radius 3 is 2.18 bits per heavy atom. The topological polar surface area (TPSA) is 44.8 Å². The summed E-state index contributed by atoms with van der Waals surface area (Å²) >= 11 is 0. The molecule has 0 saturated carbocycles. The standard InChI is InChI=1S/C12H27N3O2/c1-12(2,3)17-11(16)15(8-7-13-4)10-9-14(5)6/h13H,7-10H2,1-6H3. The minimum atomic E-state index is -0.437. The number of nitrogens with one attached hydrogen (secondary N) is 1. The van der Waals surface area contributed by atoms with Gasteiger partial charge in [0.15, 0.2) is 0 Å². The number of amides is 1. The molecule has 0 aliphatic carbocycles. The summed E-state index contributed by atoms with van der Waals surface area (Å²) in [5.74, 6) is 0. The van der Waals surface area contributed by atoms with Crippen molar-refractivity contribution in [2.45, 2.75) is 26.4 Å². The van der Waals surface area contributed by atoms with Crippen molar-refractivity contribution in [1.29, 1.82) is 0 Å². The van der Waals surface area contributed by atoms with E-state index in [1.54, 1.807) is 4.90 Å². The van der Waals surface area contributed by atoms with Gasteiger partial charge >= 0.3 is 6.09 Å². The Labute approximate surface area is 105 Å². The first-order valence-electron chi connectivity index (χ1n) is 6.03. The number of ether oxygens (including phenoxy) is 1. The summed E-state index contributed by atoms with van der Waals surface area (Å²) in [4.78, 5) is 15.7. The van der Waals surface area contributed by atoms with Gasteiger partial charge in [0, 0.05) is 26.2 Å². The van der Waals surface area contributed by atoms with Crippen molar-refractivity contribution in [2.24, 2.45) is 0 Å². The Balaban J connectivity index is 4.29. The number of rotatable bonds is 6. The second-order valence-corrected chi connectivity index (χ2v) is 5.37. The number of carbonyl (C=O) groups excluding carboxylic acids is 1. The van der Waals surface area contributed by atoms with Crippen molar-refractivity contribution in [3.05, 3.63) is 0 Å². The first kappa shape index (κ1) is 16.2. The van der Waals surface area contributed by atoms with Crippen molar-refractivity contribution < 1.29 is 9.53 Å². The zero-order chi connectivity index (χ0) is 13.5. The molecule has 1 N–H and O–H groups in total. The van der Waals surface area contributed by atoms with Crippen molar-refractivity contribution in [3.8, 4) is 0 Å². The van der Waals surface area contributed by atoms with E-state index < -0.39 is 5.60 Å². The van der Waals surface area contributed by atoms with Gasteiger partial charge in [-0.1, -0.05) is 0 Å². The van der Waals surface area contributed by atoms with Crippen LogP contribution in [0.5, 0.6) is 0 Å². The monoisotopic (exact) mass is 245 g/mol. The van der Waals surface area contributed by atoms with Crippen molar-refractivity contribution >= 4 is 6.09 Å². The predicted octanol–water partition coefficient (Wildman–Crippen LogP) is 1.00. The molecule has 0 aliphatic heterocycles. The van der Waals surface area contributed by atoms with Gasteiger partial charge in [0.05, 0.1) is 0 Å². The van der Waals surface area contributed by atoms with Gasteiger partial charge in [-0.25, -0.2) is 4.79 Å². The van der Waals surface area contributed by atoms with Gasteiger partial charge in [-0.3, -0.25) is 0 Å². The first-order valence-corrected chi connectivity index (χ1v) is 6.03. The maximum absolute atomic E-state index is 11.9. The van der Waals surface area contributed by atoms with Gasteiger partial charge in [0.25, 0.3) is 0 Å². The van der Waals surface area contributed by atoms with Crippen LogP contribution in [-0.4, -0.2) is 68.8 Å². The number of hydrogen-bond acceptors (Lipinski definition) is 4. The molecule has 0 bridgehead atoms. The fraction of sp³-hybridized carbons (Fsp3) is 0.917. The Kier molecular flexibility index (Phi) is 7.15.